The number of hydrogen-bond acceptors (Lipinski definition) is 7. The first-order chi connectivity index (χ1) is 15.6. The number of rotatable bonds is 10. The number of hydrogen-bond donors (Lipinski definition) is 2. The second-order valence-corrected chi connectivity index (χ2v) is 8.01. The molecule has 2 aliphatic heterocycles. The van der Waals surface area contributed by atoms with Gasteiger partial charge in [-0.3, -0.25) is 4.79 Å². The lowest BCUT2D eigenvalue weighted by Crippen LogP contribution is -2.47. The van der Waals surface area contributed by atoms with Crippen molar-refractivity contribution in [3.63, 3.8) is 0 Å². The SMILES string of the molecule is COc1ccc(OCCC(=O)N[C@H](CN2CCCC2)[C@H](O)c2ccc3c(c2)OCO3)cc1. The molecule has 4 rings (SSSR count). The van der Waals surface area contributed by atoms with E-state index in [4.69, 9.17) is 18.9 Å². The van der Waals surface area contributed by atoms with Crippen LogP contribution in [0.2, 0.25) is 0 Å². The van der Waals surface area contributed by atoms with Crippen molar-refractivity contribution in [2.24, 2.45) is 0 Å². The van der Waals surface area contributed by atoms with Gasteiger partial charge in [0.25, 0.3) is 0 Å². The van der Waals surface area contributed by atoms with Gasteiger partial charge in [-0.2, -0.15) is 0 Å². The lowest BCUT2D eigenvalue weighted by Gasteiger charge is -2.29. The van der Waals surface area contributed by atoms with E-state index in [0.29, 0.717) is 29.4 Å². The first-order valence-electron chi connectivity index (χ1n) is 11.0. The molecule has 1 saturated heterocycles. The predicted octanol–water partition coefficient (Wildman–Crippen LogP) is 2.51. The van der Waals surface area contributed by atoms with E-state index in [0.717, 1.165) is 31.7 Å². The maximum Gasteiger partial charge on any atom is 0.231 e. The van der Waals surface area contributed by atoms with Crippen molar-refractivity contribution in [2.45, 2.75) is 31.4 Å². The van der Waals surface area contributed by atoms with Crippen molar-refractivity contribution in [3.05, 3.63) is 48.0 Å². The van der Waals surface area contributed by atoms with E-state index in [1.54, 1.807) is 31.4 Å². The third-order valence-corrected chi connectivity index (χ3v) is 5.78. The monoisotopic (exact) mass is 442 g/mol. The standard InChI is InChI=1S/C24H30N2O6/c1-29-18-5-7-19(8-6-18)30-13-10-23(27)25-20(15-26-11-2-3-12-26)24(28)17-4-9-21-22(14-17)32-16-31-21/h4-9,14,20,24,28H,2-3,10-13,15-16H2,1H3,(H,25,27)/t20-,24-/m1/s1. The minimum atomic E-state index is -0.864. The normalized spacial score (nSPS) is 17.1. The highest BCUT2D eigenvalue weighted by Gasteiger charge is 2.28. The molecular formula is C24H30N2O6. The van der Waals surface area contributed by atoms with Crippen molar-refractivity contribution >= 4 is 5.91 Å². The molecule has 32 heavy (non-hydrogen) atoms. The second kappa shape index (κ2) is 10.6. The first-order valence-corrected chi connectivity index (χ1v) is 11.0. The fraction of sp³-hybridized carbons (Fsp3) is 0.458. The van der Waals surface area contributed by atoms with Crippen molar-refractivity contribution in [3.8, 4) is 23.0 Å². The van der Waals surface area contributed by atoms with Gasteiger partial charge < -0.3 is 34.3 Å². The Balaban J connectivity index is 1.35. The van der Waals surface area contributed by atoms with Crippen molar-refractivity contribution in [2.75, 3.05) is 40.1 Å². The molecule has 2 atom stereocenters. The number of ether oxygens (including phenoxy) is 4. The summed E-state index contributed by atoms with van der Waals surface area (Å²) in [6.45, 7) is 2.95. The molecule has 0 saturated carbocycles. The molecule has 2 N–H and O–H groups in total. The van der Waals surface area contributed by atoms with Gasteiger partial charge in [-0.25, -0.2) is 0 Å². The van der Waals surface area contributed by atoms with Gasteiger partial charge >= 0.3 is 0 Å². The van der Waals surface area contributed by atoms with Crippen molar-refractivity contribution < 1.29 is 28.8 Å². The summed E-state index contributed by atoms with van der Waals surface area (Å²) in [5.74, 6) is 2.53. The van der Waals surface area contributed by atoms with Crippen molar-refractivity contribution in [1.82, 2.24) is 10.2 Å². The second-order valence-electron chi connectivity index (χ2n) is 8.01. The summed E-state index contributed by atoms with van der Waals surface area (Å²) in [6.07, 6.45) is 1.60. The van der Waals surface area contributed by atoms with Gasteiger partial charge in [0.1, 0.15) is 17.6 Å². The molecule has 8 heteroatoms. The zero-order valence-corrected chi connectivity index (χ0v) is 18.3. The quantitative estimate of drug-likeness (QED) is 0.584. The number of amides is 1. The summed E-state index contributed by atoms with van der Waals surface area (Å²) in [5, 5.41) is 14.1. The van der Waals surface area contributed by atoms with Crippen LogP contribution in [0, 0.1) is 0 Å². The molecule has 2 aliphatic rings. The largest absolute Gasteiger partial charge is 0.497 e. The van der Waals surface area contributed by atoms with Crippen LogP contribution in [-0.2, 0) is 4.79 Å². The molecule has 0 aromatic heterocycles. The Hall–Kier alpha value is -2.97. The number of benzene rings is 2. The number of nitrogens with one attached hydrogen (secondary N) is 1. The molecule has 1 amide bonds. The van der Waals surface area contributed by atoms with Crippen LogP contribution in [0.5, 0.6) is 23.0 Å². The maximum atomic E-state index is 12.7. The van der Waals surface area contributed by atoms with E-state index in [2.05, 4.69) is 10.2 Å². The number of fused-ring (bicyclic) bond motifs is 1. The van der Waals surface area contributed by atoms with Gasteiger partial charge in [0.2, 0.25) is 12.7 Å². The number of aliphatic hydroxyl groups is 1. The molecule has 8 nitrogen and oxygen atoms in total. The summed E-state index contributed by atoms with van der Waals surface area (Å²) in [7, 11) is 1.61. The lowest BCUT2D eigenvalue weighted by atomic mass is 10.0. The summed E-state index contributed by atoms with van der Waals surface area (Å²) in [5.41, 5.74) is 0.688. The Morgan fingerprint density at radius 2 is 1.81 bits per heavy atom. The minimum absolute atomic E-state index is 0.164. The molecule has 0 radical (unpaired) electrons. The van der Waals surface area contributed by atoms with Gasteiger partial charge in [-0.15, -0.1) is 0 Å². The van der Waals surface area contributed by atoms with Crippen LogP contribution in [0.15, 0.2) is 42.5 Å². The van der Waals surface area contributed by atoms with E-state index < -0.39 is 12.1 Å². The van der Waals surface area contributed by atoms with Crippen LogP contribution >= 0.6 is 0 Å². The van der Waals surface area contributed by atoms with Gasteiger partial charge in [0, 0.05) is 6.54 Å². The molecule has 0 spiro atoms. The van der Waals surface area contributed by atoms with Gasteiger partial charge in [-0.05, 0) is 67.9 Å². The number of carbonyl (C=O) groups excluding carboxylic acids is 1. The highest BCUT2D eigenvalue weighted by Crippen LogP contribution is 2.35. The first kappa shape index (κ1) is 22.2. The molecule has 2 aromatic rings. The Morgan fingerprint density at radius 3 is 2.56 bits per heavy atom. The van der Waals surface area contributed by atoms with E-state index in [9.17, 15) is 9.90 Å². The van der Waals surface area contributed by atoms with Crippen LogP contribution in [0.3, 0.4) is 0 Å². The van der Waals surface area contributed by atoms with Crippen LogP contribution < -0.4 is 24.3 Å². The molecule has 0 bridgehead atoms. The number of likely N-dealkylation sites (tertiary alicyclic amines) is 1. The molecule has 2 heterocycles. The van der Waals surface area contributed by atoms with Crippen LogP contribution in [0.1, 0.15) is 30.9 Å². The summed E-state index contributed by atoms with van der Waals surface area (Å²) < 4.78 is 21.6. The highest BCUT2D eigenvalue weighted by atomic mass is 16.7. The van der Waals surface area contributed by atoms with Gasteiger partial charge in [0.15, 0.2) is 11.5 Å². The smallest absolute Gasteiger partial charge is 0.231 e. The number of aliphatic hydroxyl groups excluding tert-OH is 1. The molecule has 2 aromatic carbocycles. The molecule has 0 unspecified atom stereocenters. The predicted molar refractivity (Wildman–Crippen MR) is 118 cm³/mol. The van der Waals surface area contributed by atoms with E-state index in [-0.39, 0.29) is 25.7 Å². The minimum Gasteiger partial charge on any atom is -0.497 e. The highest BCUT2D eigenvalue weighted by molar-refractivity contribution is 5.76. The van der Waals surface area contributed by atoms with E-state index in [1.807, 2.05) is 18.2 Å². The molecule has 1 fully saturated rings. The Kier molecular flexibility index (Phi) is 7.34. The average Bonchev–Trinajstić information content (AvgIpc) is 3.50. The van der Waals surface area contributed by atoms with E-state index in [1.165, 1.54) is 0 Å². The number of nitrogens with zero attached hydrogens (tertiary/aromatic N) is 1. The summed E-state index contributed by atoms with van der Waals surface area (Å²) in [4.78, 5) is 14.9. The molecular weight excluding hydrogens is 412 g/mol. The number of methoxy groups -OCH3 is 1. The molecule has 0 aliphatic carbocycles. The third-order valence-electron chi connectivity index (χ3n) is 5.78. The van der Waals surface area contributed by atoms with Crippen molar-refractivity contribution in [1.29, 1.82) is 0 Å². The van der Waals surface area contributed by atoms with Gasteiger partial charge in [-0.1, -0.05) is 6.07 Å². The van der Waals surface area contributed by atoms with E-state index >= 15 is 0 Å². The fourth-order valence-electron chi connectivity index (χ4n) is 4.01. The van der Waals surface area contributed by atoms with Crippen LogP contribution in [-0.4, -0.2) is 62.1 Å². The summed E-state index contributed by atoms with van der Waals surface area (Å²) >= 11 is 0. The Morgan fingerprint density at radius 1 is 1.09 bits per heavy atom. The number of carbonyl (C=O) groups is 1. The van der Waals surface area contributed by atoms with Crippen LogP contribution in [0.25, 0.3) is 0 Å². The lowest BCUT2D eigenvalue weighted by molar-refractivity contribution is -0.123. The molecule has 172 valence electrons. The zero-order chi connectivity index (χ0) is 22.3. The Bertz CT molecular complexity index is 898. The maximum absolute atomic E-state index is 12.7. The fourth-order valence-corrected chi connectivity index (χ4v) is 4.01. The third kappa shape index (κ3) is 5.63. The van der Waals surface area contributed by atoms with Gasteiger partial charge in [0.05, 0.1) is 26.2 Å². The topological polar surface area (TPSA) is 89.5 Å². The Labute approximate surface area is 188 Å². The zero-order valence-electron chi connectivity index (χ0n) is 18.3. The average molecular weight is 443 g/mol. The van der Waals surface area contributed by atoms with Crippen LogP contribution in [0.4, 0.5) is 0 Å². The summed E-state index contributed by atoms with van der Waals surface area (Å²) in [6, 6.07) is 12.2.